The number of ether oxygens (including phenoxy) is 1. The molecule has 182 valence electrons. The number of aliphatic imine (C=N–C) groups is 1. The number of guanidine groups is 1. The lowest BCUT2D eigenvalue weighted by Crippen LogP contribution is -2.50. The van der Waals surface area contributed by atoms with E-state index in [-0.39, 0.29) is 12.7 Å². The number of hydrogen-bond donors (Lipinski definition) is 3. The van der Waals surface area contributed by atoms with Crippen LogP contribution >= 0.6 is 0 Å². The Morgan fingerprint density at radius 1 is 1.16 bits per heavy atom. The maximum absolute atomic E-state index is 12.2. The standard InChI is InChI=1S/C23H47N5O3/c1-7-24-21(26-18-20(9-16-29)17-19(2)3)25-10-8-11-27-12-14-28(15-13-27)22(30)31-23(4,5)6/h19-20,29H,7-18H2,1-6H3,(H2,24,25,26). The first-order valence-electron chi connectivity index (χ1n) is 12.0. The summed E-state index contributed by atoms with van der Waals surface area (Å²) in [7, 11) is 0. The number of amides is 1. The monoisotopic (exact) mass is 441 g/mol. The molecule has 1 atom stereocenters. The number of aliphatic hydroxyl groups excluding tert-OH is 1. The van der Waals surface area contributed by atoms with Crippen LogP contribution in [0.1, 0.15) is 60.8 Å². The fourth-order valence-electron chi connectivity index (χ4n) is 3.69. The van der Waals surface area contributed by atoms with Gasteiger partial charge < -0.3 is 25.4 Å². The molecule has 0 aliphatic carbocycles. The number of carbonyl (C=O) groups excluding carboxylic acids is 1. The maximum Gasteiger partial charge on any atom is 0.410 e. The van der Waals surface area contributed by atoms with Crippen molar-refractivity contribution >= 4 is 12.1 Å². The number of hydrogen-bond acceptors (Lipinski definition) is 5. The van der Waals surface area contributed by atoms with Crippen LogP contribution in [0, 0.1) is 11.8 Å². The summed E-state index contributed by atoms with van der Waals surface area (Å²) in [5.74, 6) is 1.88. The lowest BCUT2D eigenvalue weighted by Gasteiger charge is -2.35. The van der Waals surface area contributed by atoms with E-state index < -0.39 is 5.60 Å². The van der Waals surface area contributed by atoms with Crippen LogP contribution in [-0.2, 0) is 4.74 Å². The molecule has 0 aromatic carbocycles. The van der Waals surface area contributed by atoms with Crippen LogP contribution in [0.5, 0.6) is 0 Å². The van der Waals surface area contributed by atoms with Gasteiger partial charge in [0.1, 0.15) is 5.60 Å². The Bertz CT molecular complexity index is 526. The summed E-state index contributed by atoms with van der Waals surface area (Å²) in [5.41, 5.74) is -0.446. The molecule has 1 amide bonds. The van der Waals surface area contributed by atoms with Crippen molar-refractivity contribution in [1.82, 2.24) is 20.4 Å². The predicted molar refractivity (Wildman–Crippen MR) is 127 cm³/mol. The van der Waals surface area contributed by atoms with Gasteiger partial charge >= 0.3 is 6.09 Å². The Hall–Kier alpha value is -1.54. The molecular formula is C23H47N5O3. The Balaban J connectivity index is 2.33. The first-order chi connectivity index (χ1) is 14.6. The fourth-order valence-corrected chi connectivity index (χ4v) is 3.69. The van der Waals surface area contributed by atoms with E-state index in [0.717, 1.165) is 64.5 Å². The summed E-state index contributed by atoms with van der Waals surface area (Å²) in [6, 6.07) is 0. The van der Waals surface area contributed by atoms with E-state index in [4.69, 9.17) is 9.73 Å². The number of carbonyl (C=O) groups is 1. The highest BCUT2D eigenvalue weighted by Crippen LogP contribution is 2.15. The summed E-state index contributed by atoms with van der Waals surface area (Å²) >= 11 is 0. The van der Waals surface area contributed by atoms with Crippen molar-refractivity contribution in [2.24, 2.45) is 16.8 Å². The van der Waals surface area contributed by atoms with Crippen molar-refractivity contribution in [1.29, 1.82) is 0 Å². The van der Waals surface area contributed by atoms with E-state index in [9.17, 15) is 9.90 Å². The molecule has 0 spiro atoms. The summed E-state index contributed by atoms with van der Waals surface area (Å²) in [5, 5.41) is 16.0. The Kier molecular flexibility index (Phi) is 12.9. The van der Waals surface area contributed by atoms with Crippen molar-refractivity contribution in [2.75, 3.05) is 59.0 Å². The average Bonchev–Trinajstić information content (AvgIpc) is 2.68. The van der Waals surface area contributed by atoms with Gasteiger partial charge in [-0.25, -0.2) is 4.79 Å². The molecule has 8 nitrogen and oxygen atoms in total. The minimum Gasteiger partial charge on any atom is -0.444 e. The molecule has 1 fully saturated rings. The zero-order valence-electron chi connectivity index (χ0n) is 20.7. The third-order valence-corrected chi connectivity index (χ3v) is 5.16. The number of nitrogens with one attached hydrogen (secondary N) is 2. The first kappa shape index (κ1) is 27.5. The lowest BCUT2D eigenvalue weighted by molar-refractivity contribution is 0.0145. The fraction of sp³-hybridized carbons (Fsp3) is 0.913. The Labute approximate surface area is 189 Å². The molecule has 0 bridgehead atoms. The molecule has 1 aliphatic rings. The molecule has 1 aliphatic heterocycles. The predicted octanol–water partition coefficient (Wildman–Crippen LogP) is 2.53. The topological polar surface area (TPSA) is 89.4 Å². The summed E-state index contributed by atoms with van der Waals surface area (Å²) in [6.45, 7) is 19.0. The van der Waals surface area contributed by atoms with Crippen molar-refractivity contribution in [3.05, 3.63) is 0 Å². The molecule has 3 N–H and O–H groups in total. The van der Waals surface area contributed by atoms with Crippen LogP contribution in [-0.4, -0.2) is 91.5 Å². The minimum atomic E-state index is -0.446. The number of nitrogens with zero attached hydrogens (tertiary/aromatic N) is 3. The third kappa shape index (κ3) is 12.8. The number of rotatable bonds is 11. The van der Waals surface area contributed by atoms with Gasteiger partial charge in [-0.15, -0.1) is 0 Å². The molecule has 1 unspecified atom stereocenters. The van der Waals surface area contributed by atoms with Gasteiger partial charge in [0, 0.05) is 52.4 Å². The van der Waals surface area contributed by atoms with Crippen molar-refractivity contribution < 1.29 is 14.6 Å². The van der Waals surface area contributed by atoms with Gasteiger partial charge in [-0.2, -0.15) is 0 Å². The zero-order valence-corrected chi connectivity index (χ0v) is 20.7. The first-order valence-corrected chi connectivity index (χ1v) is 12.0. The van der Waals surface area contributed by atoms with E-state index in [1.54, 1.807) is 4.90 Å². The van der Waals surface area contributed by atoms with Crippen LogP contribution in [0.4, 0.5) is 4.79 Å². The van der Waals surface area contributed by atoms with Crippen LogP contribution in [0.3, 0.4) is 0 Å². The highest BCUT2D eigenvalue weighted by molar-refractivity contribution is 5.79. The van der Waals surface area contributed by atoms with Gasteiger partial charge in [0.25, 0.3) is 0 Å². The second-order valence-corrected chi connectivity index (χ2v) is 9.82. The van der Waals surface area contributed by atoms with Gasteiger partial charge in [-0.3, -0.25) is 9.89 Å². The van der Waals surface area contributed by atoms with Gasteiger partial charge in [0.15, 0.2) is 5.96 Å². The van der Waals surface area contributed by atoms with Crippen LogP contribution in [0.15, 0.2) is 4.99 Å². The van der Waals surface area contributed by atoms with Crippen molar-refractivity contribution in [2.45, 2.75) is 66.4 Å². The van der Waals surface area contributed by atoms with Gasteiger partial charge in [0.05, 0.1) is 0 Å². The van der Waals surface area contributed by atoms with E-state index in [1.807, 2.05) is 20.8 Å². The molecule has 31 heavy (non-hydrogen) atoms. The van der Waals surface area contributed by atoms with E-state index >= 15 is 0 Å². The normalized spacial score (nSPS) is 17.0. The molecular weight excluding hydrogens is 394 g/mol. The largest absolute Gasteiger partial charge is 0.444 e. The van der Waals surface area contributed by atoms with Crippen LogP contribution in [0.2, 0.25) is 0 Å². The Morgan fingerprint density at radius 2 is 1.84 bits per heavy atom. The summed E-state index contributed by atoms with van der Waals surface area (Å²) in [6.07, 6.45) is 2.69. The molecule has 0 saturated carbocycles. The second-order valence-electron chi connectivity index (χ2n) is 9.82. The average molecular weight is 442 g/mol. The molecule has 0 radical (unpaired) electrons. The SMILES string of the molecule is CCNC(=NCC(CCO)CC(C)C)NCCCN1CCN(C(=O)OC(C)(C)C)CC1. The highest BCUT2D eigenvalue weighted by Gasteiger charge is 2.25. The maximum atomic E-state index is 12.2. The number of aliphatic hydroxyl groups is 1. The quantitative estimate of drug-likeness (QED) is 0.259. The zero-order chi connectivity index (χ0) is 23.3. The molecule has 8 heteroatoms. The van der Waals surface area contributed by atoms with E-state index in [2.05, 4.69) is 36.3 Å². The lowest BCUT2D eigenvalue weighted by atomic mass is 9.94. The van der Waals surface area contributed by atoms with Crippen molar-refractivity contribution in [3.63, 3.8) is 0 Å². The van der Waals surface area contributed by atoms with Crippen LogP contribution in [0.25, 0.3) is 0 Å². The minimum absolute atomic E-state index is 0.211. The second kappa shape index (κ2) is 14.5. The summed E-state index contributed by atoms with van der Waals surface area (Å²) < 4.78 is 5.46. The molecule has 1 saturated heterocycles. The smallest absolute Gasteiger partial charge is 0.410 e. The highest BCUT2D eigenvalue weighted by atomic mass is 16.6. The van der Waals surface area contributed by atoms with Gasteiger partial charge in [-0.05, 0) is 65.3 Å². The Morgan fingerprint density at radius 3 is 2.39 bits per heavy atom. The van der Waals surface area contributed by atoms with Gasteiger partial charge in [0.2, 0.25) is 0 Å². The van der Waals surface area contributed by atoms with Gasteiger partial charge in [-0.1, -0.05) is 13.8 Å². The molecule has 1 heterocycles. The molecule has 1 rings (SSSR count). The van der Waals surface area contributed by atoms with Crippen LogP contribution < -0.4 is 10.6 Å². The molecule has 0 aromatic heterocycles. The molecule has 0 aromatic rings. The summed E-state index contributed by atoms with van der Waals surface area (Å²) in [4.78, 5) is 21.1. The van der Waals surface area contributed by atoms with E-state index in [0.29, 0.717) is 24.9 Å². The van der Waals surface area contributed by atoms with E-state index in [1.165, 1.54) is 0 Å². The van der Waals surface area contributed by atoms with Crippen molar-refractivity contribution in [3.8, 4) is 0 Å². The third-order valence-electron chi connectivity index (χ3n) is 5.16. The number of piperazine rings is 1.